The minimum atomic E-state index is -0.108. The van der Waals surface area contributed by atoms with Crippen LogP contribution in [0.1, 0.15) is 37.2 Å². The van der Waals surface area contributed by atoms with Crippen molar-refractivity contribution in [3.8, 4) is 0 Å². The molecule has 2 atom stereocenters. The highest BCUT2D eigenvalue weighted by molar-refractivity contribution is 5.77. The van der Waals surface area contributed by atoms with E-state index in [0.717, 1.165) is 69.9 Å². The Labute approximate surface area is 149 Å². The first-order chi connectivity index (χ1) is 12.1. The molecule has 4 rings (SSSR count). The zero-order valence-electron chi connectivity index (χ0n) is 15.0. The van der Waals surface area contributed by atoms with Gasteiger partial charge in [-0.05, 0) is 38.3 Å². The quantitative estimate of drug-likeness (QED) is 0.814. The van der Waals surface area contributed by atoms with Crippen LogP contribution < -0.4 is 0 Å². The summed E-state index contributed by atoms with van der Waals surface area (Å²) in [7, 11) is 0. The Kier molecular flexibility index (Phi) is 4.84. The third-order valence-corrected chi connectivity index (χ3v) is 5.65. The lowest BCUT2D eigenvalue weighted by Gasteiger charge is -2.23. The Morgan fingerprint density at radius 2 is 2.16 bits per heavy atom. The lowest BCUT2D eigenvalue weighted by molar-refractivity contribution is -0.137. The van der Waals surface area contributed by atoms with Crippen molar-refractivity contribution in [2.45, 2.75) is 50.9 Å². The van der Waals surface area contributed by atoms with E-state index in [4.69, 9.17) is 13.9 Å². The van der Waals surface area contributed by atoms with E-state index in [9.17, 15) is 4.79 Å². The first-order valence-electron chi connectivity index (χ1n) is 9.43. The van der Waals surface area contributed by atoms with E-state index in [1.165, 1.54) is 0 Å². The van der Waals surface area contributed by atoms with Crippen molar-refractivity contribution < 1.29 is 18.7 Å². The fraction of sp³-hybridized carbons (Fsp3) is 0.737. The van der Waals surface area contributed by atoms with Gasteiger partial charge in [0.2, 0.25) is 5.91 Å². The van der Waals surface area contributed by atoms with Crippen LogP contribution in [0.3, 0.4) is 0 Å². The third-order valence-electron chi connectivity index (χ3n) is 5.65. The van der Waals surface area contributed by atoms with Crippen molar-refractivity contribution in [2.24, 2.45) is 0 Å². The maximum atomic E-state index is 12.1. The molecule has 3 aliphatic rings. The molecule has 1 amide bonds. The molecule has 138 valence electrons. The Balaban J connectivity index is 1.23. The SMILES string of the molecule is Cc1ccc(CN2CC[C@]3(C[C@H](OCC(=O)N4CCCC4)CO3)C2)o1. The van der Waals surface area contributed by atoms with Gasteiger partial charge in [-0.25, -0.2) is 0 Å². The number of rotatable bonds is 5. The second-order valence-electron chi connectivity index (χ2n) is 7.69. The molecular weight excluding hydrogens is 320 g/mol. The van der Waals surface area contributed by atoms with E-state index in [-0.39, 0.29) is 24.2 Å². The van der Waals surface area contributed by atoms with Crippen LogP contribution in [0.15, 0.2) is 16.5 Å². The predicted molar refractivity (Wildman–Crippen MR) is 92.2 cm³/mol. The Morgan fingerprint density at radius 1 is 1.32 bits per heavy atom. The summed E-state index contributed by atoms with van der Waals surface area (Å²) < 4.78 is 17.7. The second-order valence-corrected chi connectivity index (χ2v) is 7.69. The molecule has 0 radical (unpaired) electrons. The predicted octanol–water partition coefficient (Wildman–Crippen LogP) is 1.96. The number of furan rings is 1. The van der Waals surface area contributed by atoms with Crippen molar-refractivity contribution in [1.29, 1.82) is 0 Å². The van der Waals surface area contributed by atoms with Gasteiger partial charge in [0.1, 0.15) is 18.1 Å². The first-order valence-corrected chi connectivity index (χ1v) is 9.43. The summed E-state index contributed by atoms with van der Waals surface area (Å²) in [6, 6.07) is 4.06. The maximum absolute atomic E-state index is 12.1. The summed E-state index contributed by atoms with van der Waals surface area (Å²) in [5.41, 5.74) is -0.108. The highest BCUT2D eigenvalue weighted by Crippen LogP contribution is 2.36. The molecule has 0 aliphatic carbocycles. The molecule has 0 aromatic carbocycles. The molecule has 3 fully saturated rings. The molecule has 0 bridgehead atoms. The molecule has 1 aromatic heterocycles. The number of hydrogen-bond acceptors (Lipinski definition) is 5. The summed E-state index contributed by atoms with van der Waals surface area (Å²) >= 11 is 0. The molecule has 6 nitrogen and oxygen atoms in total. The number of nitrogens with zero attached hydrogens (tertiary/aromatic N) is 2. The van der Waals surface area contributed by atoms with Crippen LogP contribution in [0.25, 0.3) is 0 Å². The Hall–Kier alpha value is -1.37. The van der Waals surface area contributed by atoms with Crippen molar-refractivity contribution in [1.82, 2.24) is 9.80 Å². The topological polar surface area (TPSA) is 55.2 Å². The summed E-state index contributed by atoms with van der Waals surface area (Å²) in [4.78, 5) is 16.4. The van der Waals surface area contributed by atoms with E-state index in [0.29, 0.717) is 6.61 Å². The van der Waals surface area contributed by atoms with Gasteiger partial charge in [-0.3, -0.25) is 9.69 Å². The monoisotopic (exact) mass is 348 g/mol. The molecule has 4 heterocycles. The number of aryl methyl sites for hydroxylation is 1. The van der Waals surface area contributed by atoms with Gasteiger partial charge in [-0.15, -0.1) is 0 Å². The smallest absolute Gasteiger partial charge is 0.248 e. The third kappa shape index (κ3) is 3.91. The molecule has 0 saturated carbocycles. The van der Waals surface area contributed by atoms with Crippen LogP contribution >= 0.6 is 0 Å². The number of hydrogen-bond donors (Lipinski definition) is 0. The van der Waals surface area contributed by atoms with Crippen molar-refractivity contribution in [3.05, 3.63) is 23.7 Å². The van der Waals surface area contributed by atoms with E-state index in [2.05, 4.69) is 4.90 Å². The van der Waals surface area contributed by atoms with Gasteiger partial charge in [-0.1, -0.05) is 0 Å². The van der Waals surface area contributed by atoms with Crippen LogP contribution in [0.2, 0.25) is 0 Å². The highest BCUT2D eigenvalue weighted by atomic mass is 16.6. The molecule has 3 aliphatic heterocycles. The van der Waals surface area contributed by atoms with Crippen LogP contribution in [-0.4, -0.2) is 66.8 Å². The largest absolute Gasteiger partial charge is 0.465 e. The number of likely N-dealkylation sites (tertiary alicyclic amines) is 2. The molecular formula is C19H28N2O4. The zero-order chi connectivity index (χ0) is 17.3. The van der Waals surface area contributed by atoms with Gasteiger partial charge in [0, 0.05) is 32.6 Å². The Bertz CT molecular complexity index is 610. The fourth-order valence-electron chi connectivity index (χ4n) is 4.29. The number of carbonyl (C=O) groups is 1. The molecule has 0 N–H and O–H groups in total. The van der Waals surface area contributed by atoms with E-state index in [1.54, 1.807) is 0 Å². The Morgan fingerprint density at radius 3 is 2.92 bits per heavy atom. The van der Waals surface area contributed by atoms with Gasteiger partial charge in [-0.2, -0.15) is 0 Å². The standard InChI is InChI=1S/C19H28N2O4/c1-15-4-5-16(25-15)11-20-9-6-19(14-20)10-17(12-24-19)23-13-18(22)21-7-2-3-8-21/h4-5,17H,2-3,6-14H2,1H3/t17-,19-/m0/s1. The summed E-state index contributed by atoms with van der Waals surface area (Å²) in [6.07, 6.45) is 4.18. The van der Waals surface area contributed by atoms with Gasteiger partial charge in [0.25, 0.3) is 0 Å². The molecule has 0 unspecified atom stereocenters. The van der Waals surface area contributed by atoms with Crippen LogP contribution in [0.4, 0.5) is 0 Å². The molecule has 1 spiro atoms. The minimum Gasteiger partial charge on any atom is -0.465 e. The van der Waals surface area contributed by atoms with Gasteiger partial charge >= 0.3 is 0 Å². The van der Waals surface area contributed by atoms with Crippen molar-refractivity contribution in [3.63, 3.8) is 0 Å². The minimum absolute atomic E-state index is 0.0392. The first kappa shape index (κ1) is 17.1. The van der Waals surface area contributed by atoms with E-state index >= 15 is 0 Å². The zero-order valence-corrected chi connectivity index (χ0v) is 15.0. The van der Waals surface area contributed by atoms with Gasteiger partial charge in [0.05, 0.1) is 24.9 Å². The van der Waals surface area contributed by atoms with Crippen LogP contribution in [0, 0.1) is 6.92 Å². The van der Waals surface area contributed by atoms with Crippen LogP contribution in [-0.2, 0) is 20.8 Å². The van der Waals surface area contributed by atoms with E-state index in [1.807, 2.05) is 24.0 Å². The van der Waals surface area contributed by atoms with Crippen molar-refractivity contribution in [2.75, 3.05) is 39.4 Å². The van der Waals surface area contributed by atoms with E-state index < -0.39 is 0 Å². The normalized spacial score (nSPS) is 30.0. The molecule has 6 heteroatoms. The summed E-state index contributed by atoms with van der Waals surface area (Å²) in [6.45, 7) is 7.29. The second kappa shape index (κ2) is 7.09. The van der Waals surface area contributed by atoms with Crippen molar-refractivity contribution >= 4 is 5.91 Å². The summed E-state index contributed by atoms with van der Waals surface area (Å²) in [5, 5.41) is 0. The number of carbonyl (C=O) groups excluding carboxylic acids is 1. The number of ether oxygens (including phenoxy) is 2. The maximum Gasteiger partial charge on any atom is 0.248 e. The van der Waals surface area contributed by atoms with Gasteiger partial charge in [0.15, 0.2) is 0 Å². The average molecular weight is 348 g/mol. The molecule has 25 heavy (non-hydrogen) atoms. The van der Waals surface area contributed by atoms with Crippen LogP contribution in [0.5, 0.6) is 0 Å². The highest BCUT2D eigenvalue weighted by Gasteiger charge is 2.46. The molecule has 1 aromatic rings. The number of amides is 1. The summed E-state index contributed by atoms with van der Waals surface area (Å²) in [5.74, 6) is 2.09. The lowest BCUT2D eigenvalue weighted by atomic mass is 9.98. The average Bonchev–Trinajstić information content (AvgIpc) is 3.37. The van der Waals surface area contributed by atoms with Gasteiger partial charge < -0.3 is 18.8 Å². The molecule has 3 saturated heterocycles. The fourth-order valence-corrected chi connectivity index (χ4v) is 4.29. The lowest BCUT2D eigenvalue weighted by Crippen LogP contribution is -2.34.